The lowest BCUT2D eigenvalue weighted by molar-refractivity contribution is 0.479. The van der Waals surface area contributed by atoms with Crippen LogP contribution in [0.3, 0.4) is 0 Å². The molecule has 1 N–H and O–H groups in total. The number of likely N-dealkylation sites (N-methyl/N-ethyl adjacent to an activating group) is 1. The lowest BCUT2D eigenvalue weighted by atomic mass is 10.0. The monoisotopic (exact) mass is 282 g/mol. The molecule has 0 aliphatic carbocycles. The summed E-state index contributed by atoms with van der Waals surface area (Å²) in [6.07, 6.45) is 10.6. The van der Waals surface area contributed by atoms with Crippen molar-refractivity contribution in [1.82, 2.24) is 10.3 Å². The molecule has 2 nitrogen and oxygen atoms in total. The maximum atomic E-state index is 4.65. The minimum absolute atomic E-state index is 0.594. The molecule has 0 aromatic carbocycles. The quantitative estimate of drug-likeness (QED) is 0.632. The van der Waals surface area contributed by atoms with Crippen LogP contribution in [0.1, 0.15) is 67.4 Å². The Morgan fingerprint density at radius 2 is 1.79 bits per heavy atom. The third-order valence-electron chi connectivity index (χ3n) is 3.81. The van der Waals surface area contributed by atoms with E-state index < -0.39 is 0 Å². The standard InChI is InChI=1S/C16H30N2S/c1-5-6-7-8-9-10-11-15(17-4)12-16-18-13(2)14(3)19-16/h15,17H,5-12H2,1-4H3. The van der Waals surface area contributed by atoms with E-state index in [4.69, 9.17) is 0 Å². The van der Waals surface area contributed by atoms with Crippen molar-refractivity contribution in [3.05, 3.63) is 15.6 Å². The van der Waals surface area contributed by atoms with Gasteiger partial charge in [0.25, 0.3) is 0 Å². The highest BCUT2D eigenvalue weighted by Gasteiger charge is 2.11. The molecule has 0 bridgehead atoms. The van der Waals surface area contributed by atoms with Crippen LogP contribution in [0.4, 0.5) is 0 Å². The molecule has 0 saturated heterocycles. The van der Waals surface area contributed by atoms with Gasteiger partial charge in [0.2, 0.25) is 0 Å². The van der Waals surface area contributed by atoms with Crippen LogP contribution >= 0.6 is 11.3 Å². The minimum atomic E-state index is 0.594. The van der Waals surface area contributed by atoms with Crippen LogP contribution in [0.5, 0.6) is 0 Å². The fraction of sp³-hybridized carbons (Fsp3) is 0.812. The maximum absolute atomic E-state index is 4.65. The lowest BCUT2D eigenvalue weighted by Crippen LogP contribution is -2.27. The molecule has 0 fully saturated rings. The van der Waals surface area contributed by atoms with Crippen molar-refractivity contribution in [3.8, 4) is 0 Å². The Hall–Kier alpha value is -0.410. The summed E-state index contributed by atoms with van der Waals surface area (Å²) in [7, 11) is 2.08. The van der Waals surface area contributed by atoms with E-state index in [1.54, 1.807) is 0 Å². The third kappa shape index (κ3) is 6.53. The Morgan fingerprint density at radius 3 is 2.37 bits per heavy atom. The predicted molar refractivity (Wildman–Crippen MR) is 86.1 cm³/mol. The average Bonchev–Trinajstić information content (AvgIpc) is 2.71. The molecule has 1 rings (SSSR count). The summed E-state index contributed by atoms with van der Waals surface area (Å²) < 4.78 is 0. The number of nitrogens with one attached hydrogen (secondary N) is 1. The number of thiazole rings is 1. The number of hydrogen-bond acceptors (Lipinski definition) is 3. The van der Waals surface area contributed by atoms with E-state index in [1.165, 1.54) is 60.5 Å². The zero-order valence-electron chi connectivity index (χ0n) is 13.1. The van der Waals surface area contributed by atoms with Gasteiger partial charge in [-0.3, -0.25) is 0 Å². The zero-order chi connectivity index (χ0) is 14.1. The summed E-state index contributed by atoms with van der Waals surface area (Å²) in [6.45, 7) is 6.55. The number of hydrogen-bond donors (Lipinski definition) is 1. The van der Waals surface area contributed by atoms with Crippen LogP contribution in [0.15, 0.2) is 0 Å². The van der Waals surface area contributed by atoms with Crippen molar-refractivity contribution in [2.45, 2.75) is 78.2 Å². The molecule has 0 spiro atoms. The van der Waals surface area contributed by atoms with Crippen molar-refractivity contribution in [2.75, 3.05) is 7.05 Å². The van der Waals surface area contributed by atoms with E-state index in [2.05, 4.69) is 38.1 Å². The molecule has 3 heteroatoms. The normalized spacial score (nSPS) is 12.8. The summed E-state index contributed by atoms with van der Waals surface area (Å²) in [6, 6.07) is 0.594. The van der Waals surface area contributed by atoms with Crippen LogP contribution in [-0.2, 0) is 6.42 Å². The van der Waals surface area contributed by atoms with Gasteiger partial charge in [-0.1, -0.05) is 45.4 Å². The summed E-state index contributed by atoms with van der Waals surface area (Å²) in [5.41, 5.74) is 1.20. The molecular weight excluding hydrogens is 252 g/mol. The second kappa shape index (κ2) is 9.49. The Kier molecular flexibility index (Phi) is 8.31. The van der Waals surface area contributed by atoms with E-state index in [9.17, 15) is 0 Å². The second-order valence-corrected chi connectivity index (χ2v) is 6.78. The molecule has 0 aliphatic heterocycles. The largest absolute Gasteiger partial charge is 0.317 e. The highest BCUT2D eigenvalue weighted by atomic mass is 32.1. The Labute approximate surface area is 123 Å². The second-order valence-electron chi connectivity index (χ2n) is 5.50. The predicted octanol–water partition coefficient (Wildman–Crippen LogP) is 4.64. The van der Waals surface area contributed by atoms with Crippen molar-refractivity contribution in [3.63, 3.8) is 0 Å². The van der Waals surface area contributed by atoms with Crippen LogP contribution < -0.4 is 5.32 Å². The first kappa shape index (κ1) is 16.6. The highest BCUT2D eigenvalue weighted by Crippen LogP contribution is 2.19. The molecule has 1 atom stereocenters. The number of aromatic nitrogens is 1. The van der Waals surface area contributed by atoms with Crippen LogP contribution in [0.2, 0.25) is 0 Å². The summed E-state index contributed by atoms with van der Waals surface area (Å²) in [5, 5.41) is 4.74. The summed E-state index contributed by atoms with van der Waals surface area (Å²) in [4.78, 5) is 6.01. The van der Waals surface area contributed by atoms with Crippen molar-refractivity contribution in [1.29, 1.82) is 0 Å². The average molecular weight is 282 g/mol. The molecular formula is C16H30N2S. The molecule has 0 aliphatic rings. The molecule has 110 valence electrons. The van der Waals surface area contributed by atoms with Crippen molar-refractivity contribution in [2.24, 2.45) is 0 Å². The molecule has 1 aromatic heterocycles. The van der Waals surface area contributed by atoms with E-state index in [0.717, 1.165) is 6.42 Å². The molecule has 1 unspecified atom stereocenters. The Bertz CT molecular complexity index is 327. The van der Waals surface area contributed by atoms with E-state index in [-0.39, 0.29) is 0 Å². The first-order chi connectivity index (χ1) is 9.17. The van der Waals surface area contributed by atoms with Crippen LogP contribution in [-0.4, -0.2) is 18.1 Å². The van der Waals surface area contributed by atoms with Gasteiger partial charge in [0, 0.05) is 17.3 Å². The van der Waals surface area contributed by atoms with Gasteiger partial charge in [-0.15, -0.1) is 11.3 Å². The first-order valence-electron chi connectivity index (χ1n) is 7.77. The fourth-order valence-electron chi connectivity index (χ4n) is 2.36. The molecule has 19 heavy (non-hydrogen) atoms. The van der Waals surface area contributed by atoms with Gasteiger partial charge in [-0.05, 0) is 27.3 Å². The smallest absolute Gasteiger partial charge is 0.0946 e. The van der Waals surface area contributed by atoms with Gasteiger partial charge >= 0.3 is 0 Å². The molecule has 0 amide bonds. The zero-order valence-corrected chi connectivity index (χ0v) is 13.9. The number of nitrogens with zero attached hydrogens (tertiary/aromatic N) is 1. The minimum Gasteiger partial charge on any atom is -0.317 e. The Balaban J connectivity index is 2.22. The van der Waals surface area contributed by atoms with E-state index >= 15 is 0 Å². The van der Waals surface area contributed by atoms with Crippen molar-refractivity contribution < 1.29 is 0 Å². The van der Waals surface area contributed by atoms with E-state index in [1.807, 2.05) is 11.3 Å². The number of rotatable bonds is 10. The third-order valence-corrected chi connectivity index (χ3v) is 4.90. The highest BCUT2D eigenvalue weighted by molar-refractivity contribution is 7.11. The van der Waals surface area contributed by atoms with Gasteiger partial charge in [0.15, 0.2) is 0 Å². The SMILES string of the molecule is CCCCCCCCC(Cc1nc(C)c(C)s1)NC. The lowest BCUT2D eigenvalue weighted by Gasteiger charge is -2.14. The first-order valence-corrected chi connectivity index (χ1v) is 8.59. The van der Waals surface area contributed by atoms with Gasteiger partial charge < -0.3 is 5.32 Å². The maximum Gasteiger partial charge on any atom is 0.0946 e. The molecule has 0 saturated carbocycles. The van der Waals surface area contributed by atoms with Crippen LogP contribution in [0, 0.1) is 13.8 Å². The number of unbranched alkanes of at least 4 members (excludes halogenated alkanes) is 5. The van der Waals surface area contributed by atoms with Gasteiger partial charge in [-0.2, -0.15) is 0 Å². The molecule has 0 radical (unpaired) electrons. The molecule has 1 aromatic rings. The fourth-order valence-corrected chi connectivity index (χ4v) is 3.37. The van der Waals surface area contributed by atoms with E-state index in [0.29, 0.717) is 6.04 Å². The summed E-state index contributed by atoms with van der Waals surface area (Å²) >= 11 is 1.86. The van der Waals surface area contributed by atoms with Gasteiger partial charge in [0.05, 0.1) is 10.7 Å². The molecule has 1 heterocycles. The van der Waals surface area contributed by atoms with Crippen LogP contribution in [0.25, 0.3) is 0 Å². The summed E-state index contributed by atoms with van der Waals surface area (Å²) in [5.74, 6) is 0. The topological polar surface area (TPSA) is 24.9 Å². The Morgan fingerprint density at radius 1 is 1.11 bits per heavy atom. The van der Waals surface area contributed by atoms with Gasteiger partial charge in [0.1, 0.15) is 0 Å². The van der Waals surface area contributed by atoms with Crippen molar-refractivity contribution >= 4 is 11.3 Å². The van der Waals surface area contributed by atoms with Gasteiger partial charge in [-0.25, -0.2) is 4.98 Å². The number of aryl methyl sites for hydroxylation is 2.